The van der Waals surface area contributed by atoms with Gasteiger partial charge in [-0.1, -0.05) is 0 Å². The first kappa shape index (κ1) is 26.6. The quantitative estimate of drug-likeness (QED) is 0.321. The van der Waals surface area contributed by atoms with Crippen LogP contribution in [0.3, 0.4) is 0 Å². The second-order valence-electron chi connectivity index (χ2n) is 7.55. The fraction of sp³-hybridized carbons (Fsp3) is 0.500. The molecule has 0 saturated carbocycles. The van der Waals surface area contributed by atoms with Gasteiger partial charge in [-0.05, 0) is 150 Å². The molecule has 0 N–H and O–H groups in total. The van der Waals surface area contributed by atoms with Gasteiger partial charge in [0.15, 0.2) is 0 Å². The molecule has 0 aliphatic rings. The van der Waals surface area contributed by atoms with E-state index in [2.05, 4.69) is 83.1 Å². The summed E-state index contributed by atoms with van der Waals surface area (Å²) in [5.41, 5.74) is 17.5. The van der Waals surface area contributed by atoms with Crippen molar-refractivity contribution in [1.29, 1.82) is 0 Å². The Morgan fingerprint density at radius 2 is 0.333 bits per heavy atom. The van der Waals surface area contributed by atoms with Crippen LogP contribution in [-0.2, 0) is 15.1 Å². The molecule has 3 heteroatoms. The SMILES string of the molecule is Cc1c(C)c(C)c(C)c(C)c1C.Cc1c(C)c(C)c(C)c(C)c1C.[Cl][Ru][Cl]. The molecular weight excluding hydrogens is 460 g/mol. The zero-order valence-corrected chi connectivity index (χ0v) is 22.4. The minimum absolute atomic E-state index is 0.346. The number of hydrogen-bond donors (Lipinski definition) is 0. The van der Waals surface area contributed by atoms with E-state index in [-0.39, 0.29) is 15.1 Å². The molecule has 0 spiro atoms. The molecule has 0 amide bonds. The van der Waals surface area contributed by atoms with E-state index in [0.29, 0.717) is 0 Å². The molecule has 2 aromatic rings. The molecule has 0 nitrogen and oxygen atoms in total. The Bertz CT molecular complexity index is 528. The number of benzene rings is 2. The predicted molar refractivity (Wildman–Crippen MR) is 121 cm³/mol. The third-order valence-corrected chi connectivity index (χ3v) is 6.75. The van der Waals surface area contributed by atoms with Gasteiger partial charge in [0.2, 0.25) is 0 Å². The Morgan fingerprint density at radius 1 is 0.296 bits per heavy atom. The average molecular weight is 497 g/mol. The summed E-state index contributed by atoms with van der Waals surface area (Å²) >= 11 is -0.346. The van der Waals surface area contributed by atoms with Crippen molar-refractivity contribution in [2.75, 3.05) is 0 Å². The van der Waals surface area contributed by atoms with Crippen molar-refractivity contribution in [1.82, 2.24) is 0 Å². The number of rotatable bonds is 0. The fourth-order valence-corrected chi connectivity index (χ4v) is 3.38. The van der Waals surface area contributed by atoms with Gasteiger partial charge in [-0.25, -0.2) is 0 Å². The van der Waals surface area contributed by atoms with E-state index in [1.807, 2.05) is 0 Å². The first-order valence-electron chi connectivity index (χ1n) is 9.27. The van der Waals surface area contributed by atoms with Gasteiger partial charge in [-0.2, -0.15) is 0 Å². The van der Waals surface area contributed by atoms with Crippen LogP contribution in [-0.4, -0.2) is 0 Å². The zero-order valence-electron chi connectivity index (χ0n) is 19.1. The molecule has 0 aliphatic carbocycles. The molecule has 0 saturated heterocycles. The Kier molecular flexibility index (Phi) is 11.4. The monoisotopic (exact) mass is 496 g/mol. The maximum atomic E-state index is 4.85. The van der Waals surface area contributed by atoms with Crippen LogP contribution in [0.25, 0.3) is 0 Å². The molecule has 0 heterocycles. The standard InChI is InChI=1S/2C12H18.2ClH.Ru/c2*1-7-8(2)10(4)12(6)11(5)9(7)3;;;/h2*1-6H3;2*1H;/q;;;;+2/p-2. The Hall–Kier alpha value is -0.357. The van der Waals surface area contributed by atoms with Crippen LogP contribution < -0.4 is 0 Å². The van der Waals surface area contributed by atoms with Gasteiger partial charge in [-0.3, -0.25) is 0 Å². The summed E-state index contributed by atoms with van der Waals surface area (Å²) in [6.45, 7) is 26.5. The van der Waals surface area contributed by atoms with E-state index in [4.69, 9.17) is 19.4 Å². The van der Waals surface area contributed by atoms with E-state index < -0.39 is 0 Å². The molecule has 0 bridgehead atoms. The molecule has 0 radical (unpaired) electrons. The van der Waals surface area contributed by atoms with E-state index in [1.165, 1.54) is 66.8 Å². The van der Waals surface area contributed by atoms with Crippen molar-refractivity contribution < 1.29 is 15.1 Å². The van der Waals surface area contributed by atoms with E-state index >= 15 is 0 Å². The van der Waals surface area contributed by atoms with Crippen molar-refractivity contribution >= 4 is 19.4 Å². The summed E-state index contributed by atoms with van der Waals surface area (Å²) in [4.78, 5) is 0. The third-order valence-electron chi connectivity index (χ3n) is 6.75. The summed E-state index contributed by atoms with van der Waals surface area (Å²) in [6, 6.07) is 0. The number of halogens is 2. The molecule has 27 heavy (non-hydrogen) atoms. The van der Waals surface area contributed by atoms with E-state index in [0.717, 1.165) is 0 Å². The van der Waals surface area contributed by atoms with Crippen LogP contribution in [0.4, 0.5) is 0 Å². The van der Waals surface area contributed by atoms with Gasteiger partial charge in [0.05, 0.1) is 0 Å². The minimum atomic E-state index is -0.346. The molecular formula is C24H36Cl2Ru. The van der Waals surface area contributed by atoms with Crippen LogP contribution >= 0.6 is 19.4 Å². The first-order chi connectivity index (χ1) is 12.3. The van der Waals surface area contributed by atoms with E-state index in [1.54, 1.807) is 0 Å². The molecule has 0 fully saturated rings. The molecule has 2 rings (SSSR count). The molecule has 0 aliphatic heterocycles. The van der Waals surface area contributed by atoms with Crippen molar-refractivity contribution in [3.8, 4) is 0 Å². The summed E-state index contributed by atoms with van der Waals surface area (Å²) in [5.74, 6) is 0. The van der Waals surface area contributed by atoms with Crippen LogP contribution in [0.1, 0.15) is 66.8 Å². The first-order valence-corrected chi connectivity index (χ1v) is 13.7. The van der Waals surface area contributed by atoms with Gasteiger partial charge >= 0.3 is 34.5 Å². The fourth-order valence-electron chi connectivity index (χ4n) is 3.38. The summed E-state index contributed by atoms with van der Waals surface area (Å²) in [5, 5.41) is 0. The molecule has 0 aromatic heterocycles. The molecule has 154 valence electrons. The van der Waals surface area contributed by atoms with Gasteiger partial charge < -0.3 is 0 Å². The summed E-state index contributed by atoms with van der Waals surface area (Å²) in [6.07, 6.45) is 0. The van der Waals surface area contributed by atoms with Crippen LogP contribution in [0, 0.1) is 83.1 Å². The van der Waals surface area contributed by atoms with Crippen molar-refractivity contribution in [3.05, 3.63) is 66.8 Å². The van der Waals surface area contributed by atoms with Crippen LogP contribution in [0.2, 0.25) is 0 Å². The second kappa shape index (κ2) is 11.6. The molecule has 0 unspecified atom stereocenters. The second-order valence-corrected chi connectivity index (χ2v) is 10.2. The van der Waals surface area contributed by atoms with Crippen molar-refractivity contribution in [2.24, 2.45) is 0 Å². The Labute approximate surface area is 183 Å². The number of hydrogen-bond acceptors (Lipinski definition) is 0. The third kappa shape index (κ3) is 6.32. The van der Waals surface area contributed by atoms with Gasteiger partial charge in [0, 0.05) is 0 Å². The summed E-state index contributed by atoms with van der Waals surface area (Å²) < 4.78 is 0. The van der Waals surface area contributed by atoms with Crippen molar-refractivity contribution in [3.63, 3.8) is 0 Å². The van der Waals surface area contributed by atoms with Gasteiger partial charge in [-0.15, -0.1) is 0 Å². The average Bonchev–Trinajstić information content (AvgIpc) is 2.65. The van der Waals surface area contributed by atoms with Gasteiger partial charge in [0.25, 0.3) is 0 Å². The topological polar surface area (TPSA) is 0 Å². The Morgan fingerprint density at radius 3 is 0.370 bits per heavy atom. The maximum absolute atomic E-state index is 4.85. The van der Waals surface area contributed by atoms with Crippen LogP contribution in [0.5, 0.6) is 0 Å². The van der Waals surface area contributed by atoms with Crippen LogP contribution in [0.15, 0.2) is 0 Å². The molecule has 2 aromatic carbocycles. The Balaban J connectivity index is 0.000000438. The summed E-state index contributed by atoms with van der Waals surface area (Å²) in [7, 11) is 9.71. The van der Waals surface area contributed by atoms with Crippen molar-refractivity contribution in [2.45, 2.75) is 83.1 Å². The predicted octanol–water partition coefficient (Wildman–Crippen LogP) is 8.45. The molecule has 0 atom stereocenters. The normalized spacial score (nSPS) is 10.1. The van der Waals surface area contributed by atoms with Gasteiger partial charge in [0.1, 0.15) is 0 Å². The van der Waals surface area contributed by atoms with E-state index in [9.17, 15) is 0 Å². The zero-order chi connectivity index (χ0) is 21.6.